The van der Waals surface area contributed by atoms with Crippen molar-refractivity contribution in [2.45, 2.75) is 9.92 Å². The summed E-state index contributed by atoms with van der Waals surface area (Å²) in [6.07, 6.45) is 1.45. The third kappa shape index (κ3) is 2.88. The van der Waals surface area contributed by atoms with Crippen LogP contribution in [0.15, 0.2) is 34.3 Å². The molecule has 0 aliphatic carbocycles. The fraction of sp³-hybridized carbons (Fsp3) is 0.0909. The highest BCUT2D eigenvalue weighted by molar-refractivity contribution is 7.99. The topological polar surface area (TPSA) is 37.8 Å². The van der Waals surface area contributed by atoms with E-state index in [1.165, 1.54) is 12.3 Å². The van der Waals surface area contributed by atoms with Crippen molar-refractivity contribution in [3.05, 3.63) is 41.1 Å². The number of halogens is 3. The van der Waals surface area contributed by atoms with Crippen LogP contribution in [-0.4, -0.2) is 17.0 Å². The van der Waals surface area contributed by atoms with Crippen molar-refractivity contribution in [2.75, 3.05) is 12.4 Å². The highest BCUT2D eigenvalue weighted by atomic mass is 35.5. The Labute approximate surface area is 112 Å². The van der Waals surface area contributed by atoms with Gasteiger partial charge in [-0.1, -0.05) is 23.4 Å². The second kappa shape index (κ2) is 5.49. The number of nitrogens with zero attached hydrogens (tertiary/aromatic N) is 2. The van der Waals surface area contributed by atoms with Gasteiger partial charge >= 0.3 is 0 Å². The molecule has 0 amide bonds. The van der Waals surface area contributed by atoms with Crippen LogP contribution >= 0.6 is 23.4 Å². The van der Waals surface area contributed by atoms with E-state index in [4.69, 9.17) is 11.6 Å². The highest BCUT2D eigenvalue weighted by Gasteiger charge is 2.09. The van der Waals surface area contributed by atoms with Crippen LogP contribution in [0.3, 0.4) is 0 Å². The molecule has 7 heteroatoms. The summed E-state index contributed by atoms with van der Waals surface area (Å²) < 4.78 is 25.9. The molecule has 1 aromatic heterocycles. The third-order valence-electron chi connectivity index (χ3n) is 2.04. The molecule has 0 fully saturated rings. The van der Waals surface area contributed by atoms with Crippen LogP contribution in [0.2, 0.25) is 5.02 Å². The molecule has 0 bridgehead atoms. The van der Waals surface area contributed by atoms with Crippen molar-refractivity contribution in [2.24, 2.45) is 0 Å². The molecule has 18 heavy (non-hydrogen) atoms. The minimum Gasteiger partial charge on any atom is -0.357 e. The van der Waals surface area contributed by atoms with Crippen LogP contribution < -0.4 is 5.32 Å². The zero-order valence-corrected chi connectivity index (χ0v) is 10.8. The van der Waals surface area contributed by atoms with Gasteiger partial charge < -0.3 is 5.32 Å². The van der Waals surface area contributed by atoms with E-state index < -0.39 is 11.6 Å². The van der Waals surface area contributed by atoms with E-state index in [-0.39, 0.29) is 0 Å². The average molecular weight is 288 g/mol. The number of hydrogen-bond acceptors (Lipinski definition) is 4. The number of benzene rings is 1. The average Bonchev–Trinajstić information content (AvgIpc) is 2.36. The van der Waals surface area contributed by atoms with Gasteiger partial charge in [-0.05, 0) is 18.2 Å². The molecular weight excluding hydrogens is 280 g/mol. The maximum absolute atomic E-state index is 13.1. The van der Waals surface area contributed by atoms with Gasteiger partial charge in [0.1, 0.15) is 5.03 Å². The predicted molar refractivity (Wildman–Crippen MR) is 67.1 cm³/mol. The summed E-state index contributed by atoms with van der Waals surface area (Å²) >= 11 is 7.07. The molecule has 1 heterocycles. The lowest BCUT2D eigenvalue weighted by Gasteiger charge is -2.05. The lowest BCUT2D eigenvalue weighted by atomic mass is 10.3. The summed E-state index contributed by atoms with van der Waals surface area (Å²) in [5.74, 6) is -1.38. The molecule has 0 saturated heterocycles. The lowest BCUT2D eigenvalue weighted by Crippen LogP contribution is -1.97. The van der Waals surface area contributed by atoms with E-state index in [1.54, 1.807) is 7.05 Å². The van der Waals surface area contributed by atoms with Gasteiger partial charge in [0.2, 0.25) is 5.95 Å². The fourth-order valence-corrected chi connectivity index (χ4v) is 2.21. The smallest absolute Gasteiger partial charge is 0.223 e. The zero-order chi connectivity index (χ0) is 13.1. The summed E-state index contributed by atoms with van der Waals surface area (Å²) in [7, 11) is 1.68. The Kier molecular flexibility index (Phi) is 3.98. The largest absolute Gasteiger partial charge is 0.357 e. The molecule has 0 aliphatic rings. The van der Waals surface area contributed by atoms with E-state index >= 15 is 0 Å². The Morgan fingerprint density at radius 2 is 2.06 bits per heavy atom. The normalized spacial score (nSPS) is 10.4. The molecule has 0 aliphatic heterocycles. The van der Waals surface area contributed by atoms with E-state index in [0.717, 1.165) is 23.9 Å². The van der Waals surface area contributed by atoms with E-state index in [2.05, 4.69) is 15.3 Å². The van der Waals surface area contributed by atoms with Crippen LogP contribution in [0.5, 0.6) is 0 Å². The Bertz CT molecular complexity index is 580. The first-order valence-electron chi connectivity index (χ1n) is 4.93. The second-order valence-corrected chi connectivity index (χ2v) is 4.74. The Balaban J connectivity index is 2.30. The Hall–Kier alpha value is -1.40. The molecule has 0 saturated carbocycles. The molecule has 2 rings (SSSR count). The van der Waals surface area contributed by atoms with Crippen molar-refractivity contribution in [1.29, 1.82) is 0 Å². The summed E-state index contributed by atoms with van der Waals surface area (Å²) in [5.41, 5.74) is 0. The molecule has 1 aromatic carbocycles. The number of aromatic nitrogens is 2. The highest BCUT2D eigenvalue weighted by Crippen LogP contribution is 2.32. The minimum atomic E-state index is -0.904. The zero-order valence-electron chi connectivity index (χ0n) is 9.25. The van der Waals surface area contributed by atoms with Crippen molar-refractivity contribution in [3.63, 3.8) is 0 Å². The molecule has 0 atom stereocenters. The molecule has 94 valence electrons. The van der Waals surface area contributed by atoms with Gasteiger partial charge in [-0.15, -0.1) is 0 Å². The first kappa shape index (κ1) is 13.0. The Morgan fingerprint density at radius 3 is 2.72 bits per heavy atom. The van der Waals surface area contributed by atoms with Crippen LogP contribution in [0, 0.1) is 11.6 Å². The number of nitrogens with one attached hydrogen (secondary N) is 1. The quantitative estimate of drug-likeness (QED) is 0.875. The maximum Gasteiger partial charge on any atom is 0.223 e. The van der Waals surface area contributed by atoms with Gasteiger partial charge in [0.25, 0.3) is 0 Å². The first-order valence-corrected chi connectivity index (χ1v) is 6.13. The van der Waals surface area contributed by atoms with E-state index in [0.29, 0.717) is 20.9 Å². The van der Waals surface area contributed by atoms with Crippen LogP contribution in [0.25, 0.3) is 0 Å². The van der Waals surface area contributed by atoms with Gasteiger partial charge in [-0.25, -0.2) is 18.7 Å². The Morgan fingerprint density at radius 1 is 1.28 bits per heavy atom. The predicted octanol–water partition coefficient (Wildman–Crippen LogP) is 3.60. The monoisotopic (exact) mass is 287 g/mol. The summed E-state index contributed by atoms with van der Waals surface area (Å²) in [4.78, 5) is 8.57. The van der Waals surface area contributed by atoms with Crippen LogP contribution in [0.1, 0.15) is 0 Å². The summed E-state index contributed by atoms with van der Waals surface area (Å²) in [6.45, 7) is 0. The van der Waals surface area contributed by atoms with Crippen molar-refractivity contribution in [1.82, 2.24) is 9.97 Å². The fourth-order valence-electron chi connectivity index (χ4n) is 1.20. The van der Waals surface area contributed by atoms with Gasteiger partial charge in [0, 0.05) is 11.9 Å². The summed E-state index contributed by atoms with van der Waals surface area (Å²) in [6, 6.07) is 3.61. The van der Waals surface area contributed by atoms with Gasteiger partial charge in [-0.2, -0.15) is 0 Å². The van der Waals surface area contributed by atoms with Crippen molar-refractivity contribution < 1.29 is 8.78 Å². The summed E-state index contributed by atoms with van der Waals surface area (Å²) in [5, 5.41) is 3.60. The molecule has 0 unspecified atom stereocenters. The van der Waals surface area contributed by atoms with Crippen molar-refractivity contribution >= 4 is 29.3 Å². The molecule has 2 aromatic rings. The van der Waals surface area contributed by atoms with Crippen LogP contribution in [0.4, 0.5) is 14.7 Å². The molecule has 3 nitrogen and oxygen atoms in total. The molecule has 0 radical (unpaired) electrons. The van der Waals surface area contributed by atoms with Crippen molar-refractivity contribution in [3.8, 4) is 0 Å². The number of rotatable bonds is 3. The van der Waals surface area contributed by atoms with Gasteiger partial charge in [0.15, 0.2) is 11.6 Å². The molecular formula is C11H8ClF2N3S. The van der Waals surface area contributed by atoms with E-state index in [1.807, 2.05) is 0 Å². The second-order valence-electron chi connectivity index (χ2n) is 3.27. The minimum absolute atomic E-state index is 0.351. The van der Waals surface area contributed by atoms with Gasteiger partial charge in [-0.3, -0.25) is 0 Å². The van der Waals surface area contributed by atoms with Crippen LogP contribution in [-0.2, 0) is 0 Å². The van der Waals surface area contributed by atoms with Gasteiger partial charge in [0.05, 0.1) is 11.2 Å². The standard InChI is InChI=1S/C11H8ClF2N3S/c1-15-11-16-5-7(12)10(17-11)18-6-2-3-8(13)9(14)4-6/h2-5H,1H3,(H,15,16,17). The number of hydrogen-bond donors (Lipinski definition) is 1. The first-order chi connectivity index (χ1) is 8.60. The maximum atomic E-state index is 13.1. The molecule has 0 spiro atoms. The molecule has 1 N–H and O–H groups in total. The third-order valence-corrected chi connectivity index (χ3v) is 3.42. The number of anilines is 1. The van der Waals surface area contributed by atoms with E-state index in [9.17, 15) is 8.78 Å². The lowest BCUT2D eigenvalue weighted by molar-refractivity contribution is 0.506. The SMILES string of the molecule is CNc1ncc(Cl)c(Sc2ccc(F)c(F)c2)n1.